The van der Waals surface area contributed by atoms with Crippen molar-refractivity contribution < 1.29 is 4.79 Å². The number of rotatable bonds is 5. The third-order valence-corrected chi connectivity index (χ3v) is 6.08. The minimum atomic E-state index is 0.0592. The average Bonchev–Trinajstić information content (AvgIpc) is 3.28. The van der Waals surface area contributed by atoms with E-state index in [1.165, 1.54) is 5.69 Å². The van der Waals surface area contributed by atoms with Crippen LogP contribution in [0.3, 0.4) is 0 Å². The van der Waals surface area contributed by atoms with Gasteiger partial charge in [0.1, 0.15) is 5.82 Å². The second-order valence-electron chi connectivity index (χ2n) is 8.06. The molecule has 1 fully saturated rings. The van der Waals surface area contributed by atoms with Crippen molar-refractivity contribution in [1.82, 2.24) is 24.2 Å². The van der Waals surface area contributed by atoms with Gasteiger partial charge in [0.15, 0.2) is 5.69 Å². The summed E-state index contributed by atoms with van der Waals surface area (Å²) in [5.41, 5.74) is 3.92. The second-order valence-corrected chi connectivity index (χ2v) is 8.06. The quantitative estimate of drug-likeness (QED) is 0.664. The molecule has 0 unspecified atom stereocenters. The van der Waals surface area contributed by atoms with Crippen LogP contribution in [0.25, 0.3) is 11.4 Å². The van der Waals surface area contributed by atoms with Crippen LogP contribution in [0.1, 0.15) is 41.1 Å². The van der Waals surface area contributed by atoms with Crippen LogP contribution in [0.5, 0.6) is 0 Å². The standard InChI is InChI=1S/C23H29N5O/c1-17-15-21(25-26(17)3)23(29)27-12-9-19(10-13-27)11-14-28-18(2)16-24-22(28)20-7-5-4-6-8-20/h4-8,15-16,19H,9-14H2,1-3H3. The summed E-state index contributed by atoms with van der Waals surface area (Å²) in [6.45, 7) is 6.68. The molecule has 1 aliphatic rings. The van der Waals surface area contributed by atoms with E-state index < -0.39 is 0 Å². The number of benzene rings is 1. The molecule has 0 saturated carbocycles. The van der Waals surface area contributed by atoms with E-state index in [2.05, 4.69) is 45.8 Å². The van der Waals surface area contributed by atoms with Gasteiger partial charge in [0.25, 0.3) is 5.91 Å². The second kappa shape index (κ2) is 8.23. The molecule has 0 radical (unpaired) electrons. The van der Waals surface area contributed by atoms with Gasteiger partial charge < -0.3 is 9.47 Å². The molecule has 1 aromatic carbocycles. The molecule has 0 aliphatic carbocycles. The summed E-state index contributed by atoms with van der Waals surface area (Å²) in [7, 11) is 1.88. The zero-order valence-corrected chi connectivity index (χ0v) is 17.5. The monoisotopic (exact) mass is 391 g/mol. The first-order chi connectivity index (χ1) is 14.0. The highest BCUT2D eigenvalue weighted by Gasteiger charge is 2.25. The fourth-order valence-corrected chi connectivity index (χ4v) is 4.12. The van der Waals surface area contributed by atoms with Crippen molar-refractivity contribution >= 4 is 5.91 Å². The van der Waals surface area contributed by atoms with E-state index in [4.69, 9.17) is 0 Å². The van der Waals surface area contributed by atoms with Crippen molar-refractivity contribution in [3.8, 4) is 11.4 Å². The lowest BCUT2D eigenvalue weighted by Crippen LogP contribution is -2.39. The van der Waals surface area contributed by atoms with E-state index >= 15 is 0 Å². The van der Waals surface area contributed by atoms with Gasteiger partial charge in [0, 0.05) is 49.8 Å². The predicted molar refractivity (Wildman–Crippen MR) is 114 cm³/mol. The number of piperidine rings is 1. The third-order valence-electron chi connectivity index (χ3n) is 6.08. The van der Waals surface area contributed by atoms with Gasteiger partial charge in [-0.05, 0) is 45.1 Å². The number of amides is 1. The highest BCUT2D eigenvalue weighted by molar-refractivity contribution is 5.92. The molecule has 29 heavy (non-hydrogen) atoms. The van der Waals surface area contributed by atoms with Crippen molar-refractivity contribution in [3.05, 3.63) is 59.7 Å². The van der Waals surface area contributed by atoms with Crippen molar-refractivity contribution in [2.45, 2.75) is 39.7 Å². The Hall–Kier alpha value is -2.89. The van der Waals surface area contributed by atoms with Gasteiger partial charge in [-0.1, -0.05) is 30.3 Å². The van der Waals surface area contributed by atoms with Gasteiger partial charge in [-0.2, -0.15) is 5.10 Å². The SMILES string of the molecule is Cc1cc(C(=O)N2CCC(CCn3c(C)cnc3-c3ccccc3)CC2)nn1C. The number of likely N-dealkylation sites (tertiary alicyclic amines) is 1. The molecular formula is C23H29N5O. The normalized spacial score (nSPS) is 15.1. The minimum Gasteiger partial charge on any atom is -0.337 e. The van der Waals surface area contributed by atoms with Crippen LogP contribution in [0, 0.1) is 19.8 Å². The van der Waals surface area contributed by atoms with Crippen LogP contribution in [0.2, 0.25) is 0 Å². The van der Waals surface area contributed by atoms with Crippen LogP contribution in [0.4, 0.5) is 0 Å². The smallest absolute Gasteiger partial charge is 0.274 e. The summed E-state index contributed by atoms with van der Waals surface area (Å²) in [5.74, 6) is 1.74. The molecule has 0 atom stereocenters. The number of hydrogen-bond acceptors (Lipinski definition) is 3. The molecule has 152 valence electrons. The summed E-state index contributed by atoms with van der Waals surface area (Å²) >= 11 is 0. The predicted octanol–water partition coefficient (Wildman–Crippen LogP) is 3.84. The maximum Gasteiger partial charge on any atom is 0.274 e. The van der Waals surface area contributed by atoms with E-state index in [-0.39, 0.29) is 5.91 Å². The minimum absolute atomic E-state index is 0.0592. The van der Waals surface area contributed by atoms with E-state index in [0.29, 0.717) is 11.6 Å². The maximum atomic E-state index is 12.7. The zero-order chi connectivity index (χ0) is 20.4. The summed E-state index contributed by atoms with van der Waals surface area (Å²) in [4.78, 5) is 19.3. The Morgan fingerprint density at radius 3 is 2.48 bits per heavy atom. The first-order valence-electron chi connectivity index (χ1n) is 10.4. The molecule has 0 bridgehead atoms. The van der Waals surface area contributed by atoms with Gasteiger partial charge in [0.2, 0.25) is 0 Å². The molecule has 6 nitrogen and oxygen atoms in total. The van der Waals surface area contributed by atoms with Crippen LogP contribution in [-0.2, 0) is 13.6 Å². The van der Waals surface area contributed by atoms with E-state index in [9.17, 15) is 4.79 Å². The van der Waals surface area contributed by atoms with Gasteiger partial charge in [-0.3, -0.25) is 9.48 Å². The number of imidazole rings is 1. The lowest BCUT2D eigenvalue weighted by Gasteiger charge is -2.31. The topological polar surface area (TPSA) is 56.0 Å². The molecule has 1 saturated heterocycles. The average molecular weight is 392 g/mol. The number of aromatic nitrogens is 4. The van der Waals surface area contributed by atoms with Crippen LogP contribution >= 0.6 is 0 Å². The Morgan fingerprint density at radius 2 is 1.83 bits per heavy atom. The molecule has 3 heterocycles. The molecule has 4 rings (SSSR count). The summed E-state index contributed by atoms with van der Waals surface area (Å²) < 4.78 is 4.08. The molecule has 0 spiro atoms. The van der Waals surface area contributed by atoms with Crippen molar-refractivity contribution in [2.75, 3.05) is 13.1 Å². The number of carbonyl (C=O) groups excluding carboxylic acids is 1. The lowest BCUT2D eigenvalue weighted by atomic mass is 9.93. The largest absolute Gasteiger partial charge is 0.337 e. The third kappa shape index (κ3) is 4.11. The number of nitrogens with zero attached hydrogens (tertiary/aromatic N) is 5. The van der Waals surface area contributed by atoms with Gasteiger partial charge in [0.05, 0.1) is 0 Å². The van der Waals surface area contributed by atoms with Crippen molar-refractivity contribution in [1.29, 1.82) is 0 Å². The van der Waals surface area contributed by atoms with Gasteiger partial charge in [-0.25, -0.2) is 4.98 Å². The lowest BCUT2D eigenvalue weighted by molar-refractivity contribution is 0.0678. The number of hydrogen-bond donors (Lipinski definition) is 0. The van der Waals surface area contributed by atoms with E-state index in [0.717, 1.165) is 56.0 Å². The summed E-state index contributed by atoms with van der Waals surface area (Å²) in [6.07, 6.45) is 5.16. The highest BCUT2D eigenvalue weighted by Crippen LogP contribution is 2.25. The van der Waals surface area contributed by atoms with E-state index in [1.54, 1.807) is 4.68 Å². The number of aryl methyl sites for hydroxylation is 3. The van der Waals surface area contributed by atoms with Crippen LogP contribution < -0.4 is 0 Å². The first kappa shape index (κ1) is 19.4. The zero-order valence-electron chi connectivity index (χ0n) is 17.5. The van der Waals surface area contributed by atoms with Crippen molar-refractivity contribution in [2.24, 2.45) is 13.0 Å². The Morgan fingerprint density at radius 1 is 1.10 bits per heavy atom. The Labute approximate surface area is 172 Å². The Bertz CT molecular complexity index is 961. The molecular weight excluding hydrogens is 362 g/mol. The fraction of sp³-hybridized carbons (Fsp3) is 0.435. The highest BCUT2D eigenvalue weighted by atomic mass is 16.2. The van der Waals surface area contributed by atoms with Crippen molar-refractivity contribution in [3.63, 3.8) is 0 Å². The molecule has 1 amide bonds. The number of carbonyl (C=O) groups is 1. The molecule has 1 aliphatic heterocycles. The van der Waals surface area contributed by atoms with Gasteiger partial charge >= 0.3 is 0 Å². The van der Waals surface area contributed by atoms with E-state index in [1.807, 2.05) is 37.2 Å². The Kier molecular flexibility index (Phi) is 5.51. The first-order valence-corrected chi connectivity index (χ1v) is 10.4. The molecule has 6 heteroatoms. The molecule has 0 N–H and O–H groups in total. The van der Waals surface area contributed by atoms with Crippen LogP contribution in [-0.4, -0.2) is 43.2 Å². The Balaban J connectivity index is 1.34. The summed E-state index contributed by atoms with van der Waals surface area (Å²) in [5, 5.41) is 4.34. The fourth-order valence-electron chi connectivity index (χ4n) is 4.12. The maximum absolute atomic E-state index is 12.7. The van der Waals surface area contributed by atoms with Gasteiger partial charge in [-0.15, -0.1) is 0 Å². The molecule has 2 aromatic heterocycles. The van der Waals surface area contributed by atoms with Crippen LogP contribution in [0.15, 0.2) is 42.6 Å². The molecule has 3 aromatic rings. The summed E-state index contributed by atoms with van der Waals surface area (Å²) in [6, 6.07) is 12.2.